The Hall–Kier alpha value is -3.52. The first-order valence-corrected chi connectivity index (χ1v) is 12.1. The van der Waals surface area contributed by atoms with Crippen LogP contribution in [0.2, 0.25) is 0 Å². The lowest BCUT2D eigenvalue weighted by Crippen LogP contribution is -2.25. The van der Waals surface area contributed by atoms with E-state index in [1.165, 1.54) is 0 Å². The molecule has 2 aromatic rings. The van der Waals surface area contributed by atoms with Crippen molar-refractivity contribution >= 4 is 28.7 Å². The van der Waals surface area contributed by atoms with E-state index in [4.69, 9.17) is 9.47 Å². The van der Waals surface area contributed by atoms with Crippen LogP contribution in [0.4, 0.5) is 4.79 Å². The lowest BCUT2D eigenvalue weighted by atomic mass is 10.1. The molecule has 0 unspecified atom stereocenters. The number of methoxy groups -OCH3 is 2. The number of rotatable bonds is 9. The molecule has 1 heterocycles. The molecule has 2 aromatic carbocycles. The van der Waals surface area contributed by atoms with Crippen molar-refractivity contribution < 1.29 is 28.6 Å². The molecule has 0 radical (unpaired) electrons. The first-order valence-electron chi connectivity index (χ1n) is 11.2. The Morgan fingerprint density at radius 2 is 1.60 bits per heavy atom. The summed E-state index contributed by atoms with van der Waals surface area (Å²) < 4.78 is 15.2. The molecule has 7 nitrogen and oxygen atoms in total. The number of imide groups is 1. The van der Waals surface area contributed by atoms with E-state index in [-0.39, 0.29) is 23.5 Å². The molecule has 1 saturated heterocycles. The highest BCUT2D eigenvalue weighted by Gasteiger charge is 2.31. The molecule has 8 heteroatoms. The SMILES string of the molecule is C/C=C/C=C/OC.CC.COc1ccc(C(=O)COc2ccc(C[C@H]3SC(=O)NC3=O)cc2)cc1. The molecule has 1 aliphatic heterocycles. The lowest BCUT2D eigenvalue weighted by Gasteiger charge is -2.08. The first-order chi connectivity index (χ1) is 17.0. The van der Waals surface area contributed by atoms with Crippen LogP contribution in [0, 0.1) is 0 Å². The normalized spacial score (nSPS) is 14.5. The Kier molecular flexibility index (Phi) is 14.3. The minimum Gasteiger partial charge on any atom is -0.504 e. The number of nitrogens with one attached hydrogen (secondary N) is 1. The number of ketones is 1. The fourth-order valence-electron chi connectivity index (χ4n) is 2.71. The Labute approximate surface area is 211 Å². The van der Waals surface area contributed by atoms with Crippen molar-refractivity contribution in [2.45, 2.75) is 32.4 Å². The van der Waals surface area contributed by atoms with Crippen LogP contribution in [0.3, 0.4) is 0 Å². The molecule has 1 fully saturated rings. The van der Waals surface area contributed by atoms with Crippen LogP contribution < -0.4 is 14.8 Å². The van der Waals surface area contributed by atoms with Gasteiger partial charge in [-0.05, 0) is 61.4 Å². The number of ether oxygens (including phenoxy) is 3. The highest BCUT2D eigenvalue weighted by molar-refractivity contribution is 8.15. The van der Waals surface area contributed by atoms with Gasteiger partial charge in [0, 0.05) is 5.56 Å². The molecule has 0 saturated carbocycles. The topological polar surface area (TPSA) is 90.9 Å². The van der Waals surface area contributed by atoms with Crippen molar-refractivity contribution in [3.05, 3.63) is 84.1 Å². The summed E-state index contributed by atoms with van der Waals surface area (Å²) in [5.74, 6) is 0.865. The van der Waals surface area contributed by atoms with Gasteiger partial charge in [0.05, 0.1) is 25.7 Å². The van der Waals surface area contributed by atoms with Gasteiger partial charge in [-0.1, -0.05) is 49.9 Å². The molecule has 1 N–H and O–H groups in total. The van der Waals surface area contributed by atoms with Crippen LogP contribution in [0.15, 0.2) is 73.0 Å². The second kappa shape index (κ2) is 17.0. The van der Waals surface area contributed by atoms with E-state index in [1.807, 2.05) is 51.1 Å². The molecule has 3 rings (SSSR count). The van der Waals surface area contributed by atoms with Crippen LogP contribution in [0.5, 0.6) is 11.5 Å². The lowest BCUT2D eigenvalue weighted by molar-refractivity contribution is -0.118. The number of hydrogen-bond donors (Lipinski definition) is 1. The number of carbonyl (C=O) groups excluding carboxylic acids is 3. The minimum atomic E-state index is -0.397. The van der Waals surface area contributed by atoms with Gasteiger partial charge in [-0.2, -0.15) is 0 Å². The Balaban J connectivity index is 0.000000587. The van der Waals surface area contributed by atoms with Gasteiger partial charge in [-0.15, -0.1) is 0 Å². The second-order valence-corrected chi connectivity index (χ2v) is 7.94. The fourth-order valence-corrected chi connectivity index (χ4v) is 3.57. The molecule has 1 aliphatic rings. The molecular formula is C27H33NO6S. The minimum absolute atomic E-state index is 0.0684. The van der Waals surface area contributed by atoms with Crippen molar-refractivity contribution in [3.8, 4) is 11.5 Å². The van der Waals surface area contributed by atoms with E-state index in [2.05, 4.69) is 10.1 Å². The summed E-state index contributed by atoms with van der Waals surface area (Å²) in [6.07, 6.45) is 7.77. The zero-order valence-electron chi connectivity index (χ0n) is 20.8. The van der Waals surface area contributed by atoms with Gasteiger partial charge in [-0.25, -0.2) is 0 Å². The maximum Gasteiger partial charge on any atom is 0.286 e. The fraction of sp³-hybridized carbons (Fsp3) is 0.296. The number of hydrogen-bond acceptors (Lipinski definition) is 7. The number of carbonyl (C=O) groups is 3. The highest BCUT2D eigenvalue weighted by Crippen LogP contribution is 2.24. The molecule has 188 valence electrons. The maximum absolute atomic E-state index is 12.1. The summed E-state index contributed by atoms with van der Waals surface area (Å²) in [6, 6.07) is 14.0. The zero-order chi connectivity index (χ0) is 26.1. The molecule has 0 bridgehead atoms. The van der Waals surface area contributed by atoms with Crippen LogP contribution in [0.25, 0.3) is 0 Å². The average molecular weight is 500 g/mol. The van der Waals surface area contributed by atoms with Crippen molar-refractivity contribution in [2.75, 3.05) is 20.8 Å². The van der Waals surface area contributed by atoms with Crippen molar-refractivity contribution in [1.29, 1.82) is 0 Å². The van der Waals surface area contributed by atoms with Gasteiger partial charge >= 0.3 is 0 Å². The zero-order valence-corrected chi connectivity index (χ0v) is 21.6. The molecule has 2 amide bonds. The molecule has 1 atom stereocenters. The maximum atomic E-state index is 12.1. The number of benzene rings is 2. The van der Waals surface area contributed by atoms with Crippen LogP contribution in [-0.4, -0.2) is 43.0 Å². The number of thioether (sulfide) groups is 1. The van der Waals surface area contributed by atoms with E-state index in [9.17, 15) is 14.4 Å². The van der Waals surface area contributed by atoms with Crippen LogP contribution >= 0.6 is 11.8 Å². The third-order valence-corrected chi connectivity index (χ3v) is 5.39. The van der Waals surface area contributed by atoms with E-state index < -0.39 is 5.25 Å². The van der Waals surface area contributed by atoms with E-state index in [0.29, 0.717) is 23.5 Å². The predicted molar refractivity (Wildman–Crippen MR) is 140 cm³/mol. The van der Waals surface area contributed by atoms with Gasteiger partial charge in [-0.3, -0.25) is 19.7 Å². The molecule has 35 heavy (non-hydrogen) atoms. The molecule has 0 aromatic heterocycles. The number of Topliss-reactive ketones (excluding diaryl/α,β-unsaturated/α-hetero) is 1. The average Bonchev–Trinajstić information content (AvgIpc) is 3.21. The molecule has 0 spiro atoms. The number of amides is 2. The standard InChI is InChI=1S/C19H17NO5S.C6H10O.C2H6/c1-24-14-8-4-13(5-9-14)16(21)11-25-15-6-2-12(3-7-15)10-17-18(22)20-19(23)26-17;1-3-4-5-6-7-2;1-2/h2-9,17H,10-11H2,1H3,(H,20,22,23);3-6H,1-2H3;1-2H3/b;4-3+,6-5+;/t17-;;/m1../s1. The summed E-state index contributed by atoms with van der Waals surface area (Å²) >= 11 is 1.00. The Morgan fingerprint density at radius 3 is 2.11 bits per heavy atom. The smallest absolute Gasteiger partial charge is 0.286 e. The Morgan fingerprint density at radius 1 is 0.971 bits per heavy atom. The van der Waals surface area contributed by atoms with Crippen molar-refractivity contribution in [1.82, 2.24) is 5.32 Å². The van der Waals surface area contributed by atoms with Gasteiger partial charge in [0.2, 0.25) is 5.91 Å². The van der Waals surface area contributed by atoms with Gasteiger partial charge in [0.25, 0.3) is 5.24 Å². The van der Waals surface area contributed by atoms with E-state index in [0.717, 1.165) is 17.3 Å². The van der Waals surface area contributed by atoms with Crippen molar-refractivity contribution in [2.24, 2.45) is 0 Å². The third kappa shape index (κ3) is 11.0. The van der Waals surface area contributed by atoms with E-state index >= 15 is 0 Å². The monoisotopic (exact) mass is 499 g/mol. The van der Waals surface area contributed by atoms with Gasteiger partial charge in [0.1, 0.15) is 11.5 Å². The van der Waals surface area contributed by atoms with Crippen LogP contribution in [-0.2, 0) is 16.0 Å². The number of allylic oxidation sites excluding steroid dienone is 3. The summed E-state index contributed by atoms with van der Waals surface area (Å²) in [7, 11) is 3.19. The summed E-state index contributed by atoms with van der Waals surface area (Å²) in [4.78, 5) is 34.9. The highest BCUT2D eigenvalue weighted by atomic mass is 32.2. The Bertz CT molecular complexity index is 984. The van der Waals surface area contributed by atoms with Gasteiger partial charge < -0.3 is 14.2 Å². The summed E-state index contributed by atoms with van der Waals surface area (Å²) in [5, 5.41) is 1.56. The summed E-state index contributed by atoms with van der Waals surface area (Å²) in [5.41, 5.74) is 1.47. The van der Waals surface area contributed by atoms with E-state index in [1.54, 1.807) is 56.9 Å². The third-order valence-electron chi connectivity index (χ3n) is 4.41. The van der Waals surface area contributed by atoms with Crippen molar-refractivity contribution in [3.63, 3.8) is 0 Å². The first kappa shape index (κ1) is 29.5. The molecule has 0 aliphatic carbocycles. The van der Waals surface area contributed by atoms with Gasteiger partial charge in [0.15, 0.2) is 12.4 Å². The summed E-state index contributed by atoms with van der Waals surface area (Å²) in [6.45, 7) is 5.89. The molecular weight excluding hydrogens is 466 g/mol. The second-order valence-electron chi connectivity index (χ2n) is 6.76. The van der Waals surface area contributed by atoms with Crippen LogP contribution in [0.1, 0.15) is 36.7 Å². The largest absolute Gasteiger partial charge is 0.504 e. The quantitative estimate of drug-likeness (QED) is 0.273. The predicted octanol–water partition coefficient (Wildman–Crippen LogP) is 5.60.